The zero-order valence-electron chi connectivity index (χ0n) is 17.9. The van der Waals surface area contributed by atoms with E-state index in [0.29, 0.717) is 5.92 Å². The number of hydrogen-bond acceptors (Lipinski definition) is 4. The van der Waals surface area contributed by atoms with E-state index in [1.807, 2.05) is 17.7 Å². The van der Waals surface area contributed by atoms with E-state index in [-0.39, 0.29) is 29.4 Å². The number of rotatable bonds is 8. The number of carboxylic acid groups (broad SMARTS) is 1. The second-order valence-corrected chi connectivity index (χ2v) is 9.02. The summed E-state index contributed by atoms with van der Waals surface area (Å²) >= 11 is 1.11. The molecule has 1 heterocycles. The van der Waals surface area contributed by atoms with Crippen LogP contribution in [0.1, 0.15) is 54.6 Å². The number of aryl methyl sites for hydroxylation is 1. The average molecular weight is 428 g/mol. The van der Waals surface area contributed by atoms with Crippen LogP contribution in [0.25, 0.3) is 5.69 Å². The summed E-state index contributed by atoms with van der Waals surface area (Å²) in [5.41, 5.74) is 5.67. The van der Waals surface area contributed by atoms with Crippen molar-refractivity contribution in [3.8, 4) is 5.69 Å². The molecule has 0 aliphatic heterocycles. The first-order valence-electron chi connectivity index (χ1n) is 10.2. The van der Waals surface area contributed by atoms with Crippen molar-refractivity contribution in [2.24, 2.45) is 0 Å². The molecule has 6 nitrogen and oxygen atoms in total. The normalized spacial score (nSPS) is 18.2. The molecule has 0 spiro atoms. The summed E-state index contributed by atoms with van der Waals surface area (Å²) in [7, 11) is 0. The number of aliphatic carboxylic acids is 1. The average Bonchev–Trinajstić information content (AvgIpc) is 3.25. The monoisotopic (exact) mass is 427 g/mol. The van der Waals surface area contributed by atoms with Crippen molar-refractivity contribution in [3.63, 3.8) is 0 Å². The second kappa shape index (κ2) is 9.51. The second-order valence-electron chi connectivity index (χ2n) is 8.03. The minimum absolute atomic E-state index is 0.0413. The molecule has 3 rings (SSSR count). The number of nitrogens with zero attached hydrogens (tertiary/aromatic N) is 2. The van der Waals surface area contributed by atoms with Crippen LogP contribution in [0.3, 0.4) is 0 Å². The van der Waals surface area contributed by atoms with E-state index < -0.39 is 5.97 Å². The Morgan fingerprint density at radius 3 is 2.53 bits per heavy atom. The Labute approximate surface area is 181 Å². The molecular weight excluding hydrogens is 398 g/mol. The van der Waals surface area contributed by atoms with E-state index in [1.54, 1.807) is 0 Å². The molecule has 1 aliphatic carbocycles. The number of allylic oxidation sites excluding steroid dienone is 1. The molecule has 7 heteroatoms. The maximum Gasteiger partial charge on any atom is 0.313 e. The maximum absolute atomic E-state index is 12.0. The molecule has 2 aromatic rings. The van der Waals surface area contributed by atoms with Gasteiger partial charge in [0.2, 0.25) is 5.91 Å². The topological polar surface area (TPSA) is 84.2 Å². The number of nitrogens with one attached hydrogen (secondary N) is 1. The number of aromatic nitrogens is 2. The largest absolute Gasteiger partial charge is 0.481 e. The number of carbonyl (C=O) groups excluding carboxylic acids is 1. The molecule has 2 N–H and O–H groups in total. The smallest absolute Gasteiger partial charge is 0.313 e. The van der Waals surface area contributed by atoms with Gasteiger partial charge in [-0.2, -0.15) is 5.10 Å². The van der Waals surface area contributed by atoms with Crippen LogP contribution in [0, 0.1) is 13.8 Å². The highest BCUT2D eigenvalue weighted by molar-refractivity contribution is 8.00. The van der Waals surface area contributed by atoms with Gasteiger partial charge in [0, 0.05) is 23.2 Å². The van der Waals surface area contributed by atoms with Gasteiger partial charge < -0.3 is 10.4 Å². The Bertz CT molecular complexity index is 947. The Morgan fingerprint density at radius 1 is 1.20 bits per heavy atom. The molecule has 1 amide bonds. The summed E-state index contributed by atoms with van der Waals surface area (Å²) in [6.45, 7) is 8.49. The lowest BCUT2D eigenvalue weighted by atomic mass is 9.96. The molecule has 160 valence electrons. The highest BCUT2D eigenvalue weighted by Gasteiger charge is 2.27. The van der Waals surface area contributed by atoms with E-state index >= 15 is 0 Å². The summed E-state index contributed by atoms with van der Waals surface area (Å²) in [6, 6.07) is 8.49. The standard InChI is InChI=1S/C23H29N3O3S/c1-14(2)17-6-9-20(10-7-17)26-16(4)23(15(3)25-26)18-5-8-19(11-18)24-21(27)12-30-13-22(28)29/h5-10,14,18-19H,11-13H2,1-4H3,(H,24,27)(H,28,29)/t18-,19-/m1/s1. The van der Waals surface area contributed by atoms with E-state index in [9.17, 15) is 9.59 Å². The van der Waals surface area contributed by atoms with Crippen molar-refractivity contribution < 1.29 is 14.7 Å². The lowest BCUT2D eigenvalue weighted by Gasteiger charge is -2.15. The number of benzene rings is 1. The third kappa shape index (κ3) is 5.14. The van der Waals surface area contributed by atoms with Crippen molar-refractivity contribution in [2.75, 3.05) is 11.5 Å². The zero-order valence-corrected chi connectivity index (χ0v) is 18.7. The highest BCUT2D eigenvalue weighted by atomic mass is 32.2. The van der Waals surface area contributed by atoms with Crippen molar-refractivity contribution in [1.29, 1.82) is 0 Å². The van der Waals surface area contributed by atoms with Gasteiger partial charge in [-0.05, 0) is 43.9 Å². The highest BCUT2D eigenvalue weighted by Crippen LogP contribution is 2.34. The van der Waals surface area contributed by atoms with Crippen molar-refractivity contribution in [1.82, 2.24) is 15.1 Å². The number of carbonyl (C=O) groups is 2. The van der Waals surface area contributed by atoms with E-state index in [2.05, 4.69) is 56.4 Å². The summed E-state index contributed by atoms with van der Waals surface area (Å²) < 4.78 is 2.00. The van der Waals surface area contributed by atoms with Gasteiger partial charge in [-0.1, -0.05) is 38.1 Å². The fraction of sp³-hybridized carbons (Fsp3) is 0.435. The van der Waals surface area contributed by atoms with Crippen LogP contribution in [-0.2, 0) is 9.59 Å². The van der Waals surface area contributed by atoms with E-state index in [0.717, 1.165) is 35.3 Å². The predicted molar refractivity (Wildman–Crippen MR) is 121 cm³/mol. The lowest BCUT2D eigenvalue weighted by Crippen LogP contribution is -2.34. The summed E-state index contributed by atoms with van der Waals surface area (Å²) in [5, 5.41) is 16.4. The molecule has 0 saturated carbocycles. The number of hydrogen-bond donors (Lipinski definition) is 2. The molecule has 1 aliphatic rings. The number of carboxylic acids is 1. The Kier molecular flexibility index (Phi) is 7.02. The van der Waals surface area contributed by atoms with E-state index in [4.69, 9.17) is 10.2 Å². The van der Waals surface area contributed by atoms with Crippen LogP contribution in [0.15, 0.2) is 36.4 Å². The summed E-state index contributed by atoms with van der Waals surface area (Å²) in [4.78, 5) is 22.6. The van der Waals surface area contributed by atoms with Crippen molar-refractivity contribution >= 4 is 23.6 Å². The zero-order chi connectivity index (χ0) is 21.8. The van der Waals surface area contributed by atoms with Crippen molar-refractivity contribution in [3.05, 3.63) is 58.9 Å². The number of amides is 1. The van der Waals surface area contributed by atoms with Crippen LogP contribution in [0.4, 0.5) is 0 Å². The van der Waals surface area contributed by atoms with Crippen LogP contribution in [0.5, 0.6) is 0 Å². The molecule has 0 radical (unpaired) electrons. The Balaban J connectivity index is 1.67. The Morgan fingerprint density at radius 2 is 1.90 bits per heavy atom. The van der Waals surface area contributed by atoms with Gasteiger partial charge in [0.1, 0.15) is 0 Å². The van der Waals surface area contributed by atoms with Crippen LogP contribution in [-0.4, -0.2) is 44.3 Å². The van der Waals surface area contributed by atoms with Crippen LogP contribution < -0.4 is 5.32 Å². The maximum atomic E-state index is 12.0. The molecular formula is C23H29N3O3S. The first-order chi connectivity index (χ1) is 14.3. The molecule has 2 atom stereocenters. The fourth-order valence-electron chi connectivity index (χ4n) is 3.94. The minimum atomic E-state index is -0.907. The first kappa shape index (κ1) is 22.2. The summed E-state index contributed by atoms with van der Waals surface area (Å²) in [6.07, 6.45) is 4.95. The first-order valence-corrected chi connectivity index (χ1v) is 11.4. The number of thioether (sulfide) groups is 1. The molecule has 1 aromatic carbocycles. The molecule has 0 unspecified atom stereocenters. The van der Waals surface area contributed by atoms with Crippen LogP contribution in [0.2, 0.25) is 0 Å². The molecule has 1 aromatic heterocycles. The Hall–Kier alpha value is -2.54. The van der Waals surface area contributed by atoms with Crippen LogP contribution >= 0.6 is 11.8 Å². The van der Waals surface area contributed by atoms with Gasteiger partial charge in [0.15, 0.2) is 0 Å². The minimum Gasteiger partial charge on any atom is -0.481 e. The third-order valence-corrected chi connectivity index (χ3v) is 6.33. The fourth-order valence-corrected chi connectivity index (χ4v) is 4.49. The molecule has 0 fully saturated rings. The van der Waals surface area contributed by atoms with Gasteiger partial charge in [0.25, 0.3) is 0 Å². The molecule has 0 saturated heterocycles. The van der Waals surface area contributed by atoms with Gasteiger partial charge in [-0.3, -0.25) is 9.59 Å². The van der Waals surface area contributed by atoms with Gasteiger partial charge >= 0.3 is 5.97 Å². The van der Waals surface area contributed by atoms with E-state index in [1.165, 1.54) is 11.1 Å². The van der Waals surface area contributed by atoms with Gasteiger partial charge in [-0.25, -0.2) is 4.68 Å². The van der Waals surface area contributed by atoms with Gasteiger partial charge in [0.05, 0.1) is 22.9 Å². The predicted octanol–water partition coefficient (Wildman–Crippen LogP) is 3.96. The van der Waals surface area contributed by atoms with Gasteiger partial charge in [-0.15, -0.1) is 11.8 Å². The quantitative estimate of drug-likeness (QED) is 0.623. The summed E-state index contributed by atoms with van der Waals surface area (Å²) in [5.74, 6) is -0.254. The SMILES string of the molecule is Cc1nn(-c2ccc(C(C)C)cc2)c(C)c1[C@@H]1C=C[C@@H](NC(=O)CSCC(=O)O)C1. The molecule has 0 bridgehead atoms. The lowest BCUT2D eigenvalue weighted by molar-refractivity contribution is -0.133. The van der Waals surface area contributed by atoms with Crippen molar-refractivity contribution in [2.45, 2.75) is 52.0 Å². The molecule has 30 heavy (non-hydrogen) atoms. The third-order valence-electron chi connectivity index (χ3n) is 5.41.